The highest BCUT2D eigenvalue weighted by atomic mass is 79.9. The molecule has 0 radical (unpaired) electrons. The molecule has 0 aliphatic heterocycles. The first-order valence-electron chi connectivity index (χ1n) is 5.54. The number of hydrogen-bond acceptors (Lipinski definition) is 0. The van der Waals surface area contributed by atoms with E-state index in [9.17, 15) is 0 Å². The normalized spacial score (nSPS) is 26.7. The fraction of sp³-hybridized carbons (Fsp3) is 0.538. The van der Waals surface area contributed by atoms with Gasteiger partial charge in [0.05, 0.1) is 0 Å². The predicted molar refractivity (Wildman–Crippen MR) is 65.1 cm³/mol. The SMILES string of the molecule is CCc1cccc(C2CCCC2Br)c1. The highest BCUT2D eigenvalue weighted by Gasteiger charge is 2.26. The van der Waals surface area contributed by atoms with Crippen LogP contribution in [0.25, 0.3) is 0 Å². The van der Waals surface area contributed by atoms with Crippen molar-refractivity contribution in [3.8, 4) is 0 Å². The van der Waals surface area contributed by atoms with Gasteiger partial charge in [-0.2, -0.15) is 0 Å². The van der Waals surface area contributed by atoms with Gasteiger partial charge in [0.1, 0.15) is 0 Å². The Labute approximate surface area is 94.8 Å². The van der Waals surface area contributed by atoms with Crippen LogP contribution >= 0.6 is 15.9 Å². The smallest absolute Gasteiger partial charge is 0.0214 e. The Hall–Kier alpha value is -0.300. The number of rotatable bonds is 2. The van der Waals surface area contributed by atoms with Crippen molar-refractivity contribution >= 4 is 15.9 Å². The highest BCUT2D eigenvalue weighted by molar-refractivity contribution is 9.09. The number of benzene rings is 1. The molecule has 2 atom stereocenters. The van der Waals surface area contributed by atoms with E-state index in [2.05, 4.69) is 47.1 Å². The van der Waals surface area contributed by atoms with Crippen molar-refractivity contribution in [3.63, 3.8) is 0 Å². The Morgan fingerprint density at radius 3 is 2.86 bits per heavy atom. The summed E-state index contributed by atoms with van der Waals surface area (Å²) in [6.07, 6.45) is 5.20. The second kappa shape index (κ2) is 4.48. The zero-order valence-corrected chi connectivity index (χ0v) is 10.3. The fourth-order valence-corrected chi connectivity index (χ4v) is 3.23. The topological polar surface area (TPSA) is 0 Å². The summed E-state index contributed by atoms with van der Waals surface area (Å²) in [7, 11) is 0. The molecule has 0 N–H and O–H groups in total. The molecule has 0 aromatic heterocycles. The van der Waals surface area contributed by atoms with Gasteiger partial charge in [0.25, 0.3) is 0 Å². The van der Waals surface area contributed by atoms with Crippen molar-refractivity contribution in [2.75, 3.05) is 0 Å². The Bertz CT molecular complexity index is 306. The van der Waals surface area contributed by atoms with Gasteiger partial charge >= 0.3 is 0 Å². The molecule has 76 valence electrons. The fourth-order valence-electron chi connectivity index (χ4n) is 2.33. The van der Waals surface area contributed by atoms with Gasteiger partial charge in [-0.05, 0) is 36.3 Å². The molecule has 2 unspecified atom stereocenters. The number of hydrogen-bond donors (Lipinski definition) is 0. The maximum atomic E-state index is 3.79. The van der Waals surface area contributed by atoms with Crippen molar-refractivity contribution < 1.29 is 0 Å². The molecule has 1 aliphatic rings. The largest absolute Gasteiger partial charge is 0.0884 e. The molecule has 1 heteroatoms. The molecule has 0 spiro atoms. The van der Waals surface area contributed by atoms with Crippen LogP contribution in [0, 0.1) is 0 Å². The van der Waals surface area contributed by atoms with E-state index in [0.717, 1.165) is 12.3 Å². The lowest BCUT2D eigenvalue weighted by Gasteiger charge is -2.15. The van der Waals surface area contributed by atoms with Gasteiger partial charge in [-0.3, -0.25) is 0 Å². The Kier molecular flexibility index (Phi) is 3.27. The van der Waals surface area contributed by atoms with E-state index in [1.165, 1.54) is 30.4 Å². The Morgan fingerprint density at radius 1 is 1.36 bits per heavy atom. The van der Waals surface area contributed by atoms with Gasteiger partial charge in [-0.1, -0.05) is 53.5 Å². The maximum Gasteiger partial charge on any atom is 0.0214 e. The minimum absolute atomic E-state index is 0.703. The van der Waals surface area contributed by atoms with Gasteiger partial charge < -0.3 is 0 Å². The van der Waals surface area contributed by atoms with Crippen LogP contribution in [0.3, 0.4) is 0 Å². The third-order valence-electron chi connectivity index (χ3n) is 3.22. The summed E-state index contributed by atoms with van der Waals surface area (Å²) in [5, 5.41) is 0. The third-order valence-corrected chi connectivity index (χ3v) is 4.32. The molecule has 2 rings (SSSR count). The molecule has 0 saturated heterocycles. The first kappa shape index (κ1) is 10.2. The number of halogens is 1. The standard InChI is InChI=1S/C13H17Br/c1-2-10-5-3-6-11(9-10)12-7-4-8-13(12)14/h3,5-6,9,12-13H,2,4,7-8H2,1H3. The summed E-state index contributed by atoms with van der Waals surface area (Å²) in [5.41, 5.74) is 3.00. The second-order valence-corrected chi connectivity index (χ2v) is 5.33. The average Bonchev–Trinajstić information content (AvgIpc) is 2.65. The summed E-state index contributed by atoms with van der Waals surface area (Å²) in [5.74, 6) is 0.751. The third kappa shape index (κ3) is 2.03. The lowest BCUT2D eigenvalue weighted by Crippen LogP contribution is -2.04. The van der Waals surface area contributed by atoms with Gasteiger partial charge in [-0.25, -0.2) is 0 Å². The lowest BCUT2D eigenvalue weighted by molar-refractivity contribution is 0.741. The van der Waals surface area contributed by atoms with E-state index >= 15 is 0 Å². The van der Waals surface area contributed by atoms with Crippen molar-refractivity contribution in [3.05, 3.63) is 35.4 Å². The first-order chi connectivity index (χ1) is 6.81. The number of alkyl halides is 1. The van der Waals surface area contributed by atoms with E-state index in [4.69, 9.17) is 0 Å². The lowest BCUT2D eigenvalue weighted by atomic mass is 9.95. The van der Waals surface area contributed by atoms with Gasteiger partial charge in [0.2, 0.25) is 0 Å². The summed E-state index contributed by atoms with van der Waals surface area (Å²) in [6.45, 7) is 2.22. The molecule has 1 fully saturated rings. The van der Waals surface area contributed by atoms with Crippen LogP contribution in [0.15, 0.2) is 24.3 Å². The molecule has 1 saturated carbocycles. The minimum atomic E-state index is 0.703. The van der Waals surface area contributed by atoms with E-state index in [-0.39, 0.29) is 0 Å². The Balaban J connectivity index is 2.22. The second-order valence-electron chi connectivity index (χ2n) is 4.15. The van der Waals surface area contributed by atoms with Crippen LogP contribution in [0.1, 0.15) is 43.2 Å². The number of aryl methyl sites for hydroxylation is 1. The van der Waals surface area contributed by atoms with Crippen molar-refractivity contribution in [1.82, 2.24) is 0 Å². The van der Waals surface area contributed by atoms with Crippen LogP contribution in [-0.2, 0) is 6.42 Å². The summed E-state index contributed by atoms with van der Waals surface area (Å²) in [4.78, 5) is 0.703. The quantitative estimate of drug-likeness (QED) is 0.690. The molecule has 0 amide bonds. The summed E-state index contributed by atoms with van der Waals surface area (Å²) < 4.78 is 0. The molecule has 14 heavy (non-hydrogen) atoms. The van der Waals surface area contributed by atoms with Crippen LogP contribution in [0.2, 0.25) is 0 Å². The van der Waals surface area contributed by atoms with Crippen LogP contribution in [-0.4, -0.2) is 4.83 Å². The summed E-state index contributed by atoms with van der Waals surface area (Å²) in [6, 6.07) is 9.08. The predicted octanol–water partition coefficient (Wildman–Crippen LogP) is 4.28. The zero-order chi connectivity index (χ0) is 9.97. The van der Waals surface area contributed by atoms with E-state index in [0.29, 0.717) is 4.83 Å². The molecule has 0 heterocycles. The maximum absolute atomic E-state index is 3.79. The molecule has 0 bridgehead atoms. The first-order valence-corrected chi connectivity index (χ1v) is 6.45. The van der Waals surface area contributed by atoms with E-state index in [1.54, 1.807) is 0 Å². The highest BCUT2D eigenvalue weighted by Crippen LogP contribution is 2.39. The molecular formula is C13H17Br. The van der Waals surface area contributed by atoms with Crippen molar-refractivity contribution in [2.45, 2.75) is 43.4 Å². The Morgan fingerprint density at radius 2 is 2.21 bits per heavy atom. The molecule has 1 aromatic carbocycles. The van der Waals surface area contributed by atoms with Gasteiger partial charge in [0, 0.05) is 4.83 Å². The zero-order valence-electron chi connectivity index (χ0n) is 8.67. The molecular weight excluding hydrogens is 236 g/mol. The van der Waals surface area contributed by atoms with E-state index < -0.39 is 0 Å². The van der Waals surface area contributed by atoms with E-state index in [1.807, 2.05) is 0 Å². The molecule has 1 aliphatic carbocycles. The minimum Gasteiger partial charge on any atom is -0.0884 e. The van der Waals surface area contributed by atoms with Crippen molar-refractivity contribution in [2.24, 2.45) is 0 Å². The van der Waals surface area contributed by atoms with Gasteiger partial charge in [-0.15, -0.1) is 0 Å². The molecule has 1 aromatic rings. The monoisotopic (exact) mass is 252 g/mol. The summed E-state index contributed by atoms with van der Waals surface area (Å²) >= 11 is 3.79. The van der Waals surface area contributed by atoms with Crippen LogP contribution < -0.4 is 0 Å². The average molecular weight is 253 g/mol. The molecule has 0 nitrogen and oxygen atoms in total. The van der Waals surface area contributed by atoms with Gasteiger partial charge in [0.15, 0.2) is 0 Å². The van der Waals surface area contributed by atoms with Crippen LogP contribution in [0.5, 0.6) is 0 Å². The van der Waals surface area contributed by atoms with Crippen LogP contribution in [0.4, 0.5) is 0 Å². The van der Waals surface area contributed by atoms with Crippen molar-refractivity contribution in [1.29, 1.82) is 0 Å².